The van der Waals surface area contributed by atoms with Crippen molar-refractivity contribution in [3.63, 3.8) is 0 Å². The van der Waals surface area contributed by atoms with Crippen LogP contribution in [0.25, 0.3) is 0 Å². The molecule has 0 radical (unpaired) electrons. The maximum Gasteiger partial charge on any atom is 0.271 e. The maximum absolute atomic E-state index is 10.7. The predicted octanol–water partition coefficient (Wildman–Crippen LogP) is 2.56. The molecular formula is C11H9N3O3S. The first-order chi connectivity index (χ1) is 8.58. The van der Waals surface area contributed by atoms with Gasteiger partial charge in [-0.3, -0.25) is 10.1 Å². The lowest BCUT2D eigenvalue weighted by atomic mass is 10.2. The number of nitro benzene ring substituents is 1. The quantitative estimate of drug-likeness (QED) is 0.382. The summed E-state index contributed by atoms with van der Waals surface area (Å²) in [5.74, 6) is 0.468. The van der Waals surface area contributed by atoms with Gasteiger partial charge < -0.3 is 15.5 Å². The highest BCUT2D eigenvalue weighted by atomic mass is 32.1. The van der Waals surface area contributed by atoms with Crippen molar-refractivity contribution in [2.24, 2.45) is 0 Å². The number of nitrogen functional groups attached to an aromatic ring is 1. The molecule has 0 atom stereocenters. The number of furan rings is 1. The Labute approximate surface area is 108 Å². The molecule has 0 amide bonds. The SMILES string of the molecule is Nc1ccc([N+](=O)[O-])cc1NC(=S)c1ccco1. The summed E-state index contributed by atoms with van der Waals surface area (Å²) in [6.45, 7) is 0. The topological polar surface area (TPSA) is 94.3 Å². The fourth-order valence-electron chi connectivity index (χ4n) is 1.36. The molecule has 0 aliphatic heterocycles. The third-order valence-corrected chi connectivity index (χ3v) is 2.54. The van der Waals surface area contributed by atoms with E-state index < -0.39 is 4.92 Å². The third-order valence-electron chi connectivity index (χ3n) is 2.24. The molecule has 7 heteroatoms. The van der Waals surface area contributed by atoms with Gasteiger partial charge in [-0.1, -0.05) is 12.2 Å². The van der Waals surface area contributed by atoms with Gasteiger partial charge >= 0.3 is 0 Å². The Bertz CT molecular complexity index is 596. The van der Waals surface area contributed by atoms with E-state index in [1.807, 2.05) is 0 Å². The number of nitrogens with one attached hydrogen (secondary N) is 1. The molecule has 1 aromatic carbocycles. The lowest BCUT2D eigenvalue weighted by molar-refractivity contribution is -0.384. The molecular weight excluding hydrogens is 254 g/mol. The van der Waals surface area contributed by atoms with Crippen molar-refractivity contribution in [2.75, 3.05) is 11.1 Å². The van der Waals surface area contributed by atoms with Crippen molar-refractivity contribution in [1.29, 1.82) is 0 Å². The van der Waals surface area contributed by atoms with Crippen molar-refractivity contribution in [3.8, 4) is 0 Å². The Kier molecular flexibility index (Phi) is 3.24. The highest BCUT2D eigenvalue weighted by Gasteiger charge is 2.11. The summed E-state index contributed by atoms with van der Waals surface area (Å²) >= 11 is 5.09. The van der Waals surface area contributed by atoms with Crippen LogP contribution in [0.3, 0.4) is 0 Å². The summed E-state index contributed by atoms with van der Waals surface area (Å²) in [4.78, 5) is 10.5. The molecule has 0 fully saturated rings. The van der Waals surface area contributed by atoms with Crippen LogP contribution in [0.1, 0.15) is 5.76 Å². The number of nitrogens with two attached hydrogens (primary N) is 1. The van der Waals surface area contributed by atoms with Gasteiger partial charge in [-0.2, -0.15) is 0 Å². The Morgan fingerprint density at radius 3 is 2.83 bits per heavy atom. The van der Waals surface area contributed by atoms with Crippen molar-refractivity contribution in [1.82, 2.24) is 0 Å². The molecule has 3 N–H and O–H groups in total. The predicted molar refractivity (Wildman–Crippen MR) is 71.5 cm³/mol. The second kappa shape index (κ2) is 4.84. The number of thiocarbonyl (C=S) groups is 1. The zero-order chi connectivity index (χ0) is 13.1. The van der Waals surface area contributed by atoms with E-state index in [-0.39, 0.29) is 5.69 Å². The molecule has 18 heavy (non-hydrogen) atoms. The summed E-state index contributed by atoms with van der Waals surface area (Å²) in [5, 5.41) is 13.5. The van der Waals surface area contributed by atoms with Crippen LogP contribution >= 0.6 is 12.2 Å². The molecule has 1 heterocycles. The lowest BCUT2D eigenvalue weighted by Crippen LogP contribution is -2.11. The fourth-order valence-corrected chi connectivity index (χ4v) is 1.58. The van der Waals surface area contributed by atoms with Crippen LogP contribution in [-0.4, -0.2) is 9.91 Å². The minimum Gasteiger partial charge on any atom is -0.462 e. The van der Waals surface area contributed by atoms with Crippen molar-refractivity contribution >= 4 is 34.3 Å². The Morgan fingerprint density at radius 1 is 1.44 bits per heavy atom. The Hall–Kier alpha value is -2.41. The largest absolute Gasteiger partial charge is 0.462 e. The minimum absolute atomic E-state index is 0.0612. The van der Waals surface area contributed by atoms with Gasteiger partial charge in [-0.15, -0.1) is 0 Å². The smallest absolute Gasteiger partial charge is 0.271 e. The Balaban J connectivity index is 2.26. The summed E-state index contributed by atoms with van der Waals surface area (Å²) in [6.07, 6.45) is 1.49. The van der Waals surface area contributed by atoms with E-state index in [4.69, 9.17) is 22.4 Å². The molecule has 2 aromatic rings. The molecule has 0 aliphatic carbocycles. The first-order valence-corrected chi connectivity index (χ1v) is 5.37. The average Bonchev–Trinajstić information content (AvgIpc) is 2.85. The first kappa shape index (κ1) is 12.1. The molecule has 0 unspecified atom stereocenters. The van der Waals surface area contributed by atoms with E-state index in [2.05, 4.69) is 5.32 Å². The van der Waals surface area contributed by atoms with Crippen molar-refractivity contribution < 1.29 is 9.34 Å². The molecule has 0 saturated carbocycles. The fraction of sp³-hybridized carbons (Fsp3) is 0. The standard InChI is InChI=1S/C11H9N3O3S/c12-8-4-3-7(14(15)16)6-9(8)13-11(18)10-2-1-5-17-10/h1-6H,12H2,(H,13,18). The van der Waals surface area contributed by atoms with Gasteiger partial charge in [0.1, 0.15) is 4.99 Å². The zero-order valence-corrected chi connectivity index (χ0v) is 9.94. The van der Waals surface area contributed by atoms with E-state index in [9.17, 15) is 10.1 Å². The molecule has 0 spiro atoms. The van der Waals surface area contributed by atoms with Gasteiger partial charge in [0.25, 0.3) is 5.69 Å². The van der Waals surface area contributed by atoms with E-state index in [1.54, 1.807) is 12.1 Å². The van der Waals surface area contributed by atoms with E-state index in [0.29, 0.717) is 22.1 Å². The second-order valence-electron chi connectivity index (χ2n) is 3.46. The number of rotatable bonds is 3. The molecule has 0 aliphatic rings. The van der Waals surface area contributed by atoms with Gasteiger partial charge in [0.05, 0.1) is 22.6 Å². The highest BCUT2D eigenvalue weighted by molar-refractivity contribution is 7.81. The zero-order valence-electron chi connectivity index (χ0n) is 9.12. The number of non-ortho nitro benzene ring substituents is 1. The van der Waals surface area contributed by atoms with Gasteiger partial charge in [0, 0.05) is 12.1 Å². The molecule has 92 valence electrons. The van der Waals surface area contributed by atoms with Crippen LogP contribution < -0.4 is 11.1 Å². The normalized spacial score (nSPS) is 10.0. The molecule has 0 saturated heterocycles. The lowest BCUT2D eigenvalue weighted by Gasteiger charge is -2.08. The van der Waals surface area contributed by atoms with E-state index in [0.717, 1.165) is 0 Å². The van der Waals surface area contributed by atoms with Crippen LogP contribution in [0.4, 0.5) is 17.1 Å². The molecule has 2 rings (SSSR count). The number of benzene rings is 1. The highest BCUT2D eigenvalue weighted by Crippen LogP contribution is 2.25. The van der Waals surface area contributed by atoms with Crippen LogP contribution in [0.5, 0.6) is 0 Å². The molecule has 6 nitrogen and oxygen atoms in total. The number of nitrogens with zero attached hydrogens (tertiary/aromatic N) is 1. The van der Waals surface area contributed by atoms with Crippen molar-refractivity contribution in [2.45, 2.75) is 0 Å². The van der Waals surface area contributed by atoms with E-state index >= 15 is 0 Å². The minimum atomic E-state index is -0.499. The summed E-state index contributed by atoms with van der Waals surface area (Å²) in [6, 6.07) is 7.48. The first-order valence-electron chi connectivity index (χ1n) is 4.96. The number of anilines is 2. The van der Waals surface area contributed by atoms with E-state index in [1.165, 1.54) is 24.5 Å². The second-order valence-corrected chi connectivity index (χ2v) is 3.87. The van der Waals surface area contributed by atoms with Crippen LogP contribution in [0.2, 0.25) is 0 Å². The van der Waals surface area contributed by atoms with Gasteiger partial charge in [0.15, 0.2) is 5.76 Å². The molecule has 0 bridgehead atoms. The van der Waals surface area contributed by atoms with Crippen molar-refractivity contribution in [3.05, 3.63) is 52.5 Å². The monoisotopic (exact) mass is 263 g/mol. The number of hydrogen-bond acceptors (Lipinski definition) is 5. The Morgan fingerprint density at radius 2 is 2.22 bits per heavy atom. The third kappa shape index (κ3) is 2.46. The summed E-state index contributed by atoms with van der Waals surface area (Å²) < 4.78 is 5.11. The van der Waals surface area contributed by atoms with Gasteiger partial charge in [-0.25, -0.2) is 0 Å². The molecule has 1 aromatic heterocycles. The van der Waals surface area contributed by atoms with Crippen LogP contribution in [0.15, 0.2) is 41.0 Å². The maximum atomic E-state index is 10.7. The summed E-state index contributed by atoms with van der Waals surface area (Å²) in [7, 11) is 0. The number of nitro groups is 1. The average molecular weight is 263 g/mol. The van der Waals surface area contributed by atoms with Crippen LogP contribution in [-0.2, 0) is 0 Å². The van der Waals surface area contributed by atoms with Gasteiger partial charge in [-0.05, 0) is 18.2 Å². The van der Waals surface area contributed by atoms with Gasteiger partial charge in [0.2, 0.25) is 0 Å². The number of hydrogen-bond donors (Lipinski definition) is 2. The van der Waals surface area contributed by atoms with Crippen LogP contribution in [0, 0.1) is 10.1 Å². The summed E-state index contributed by atoms with van der Waals surface area (Å²) in [5.41, 5.74) is 6.40.